The Balaban J connectivity index is 2.95. The molecule has 0 amide bonds. The van der Waals surface area contributed by atoms with E-state index in [1.807, 2.05) is 20.0 Å². The molecule has 0 aliphatic heterocycles. The molecule has 1 N–H and O–H groups in total. The normalized spacial score (nSPS) is 10.6. The molecule has 0 saturated heterocycles. The van der Waals surface area contributed by atoms with Gasteiger partial charge in [-0.3, -0.25) is 0 Å². The first-order valence-electron chi connectivity index (χ1n) is 5.85. The standard InChI is InChI=1S/C12H22N4/c1-6-16(8-9(2)3)12-7-11(13-5)14-10(4)15-12/h7,9H,6,8H2,1-5H3,(H,13,14,15). The van der Waals surface area contributed by atoms with Crippen molar-refractivity contribution in [2.75, 3.05) is 30.4 Å². The van der Waals surface area contributed by atoms with Crippen LogP contribution in [0.2, 0.25) is 0 Å². The number of aromatic nitrogens is 2. The summed E-state index contributed by atoms with van der Waals surface area (Å²) in [5.74, 6) is 3.33. The van der Waals surface area contributed by atoms with Gasteiger partial charge in [-0.25, -0.2) is 9.97 Å². The second-order valence-corrected chi connectivity index (χ2v) is 4.34. The Hall–Kier alpha value is -1.32. The molecule has 0 radical (unpaired) electrons. The Morgan fingerprint density at radius 2 is 2.06 bits per heavy atom. The summed E-state index contributed by atoms with van der Waals surface area (Å²) in [6, 6.07) is 2.00. The fraction of sp³-hybridized carbons (Fsp3) is 0.667. The van der Waals surface area contributed by atoms with Gasteiger partial charge in [0.2, 0.25) is 0 Å². The van der Waals surface area contributed by atoms with Crippen molar-refractivity contribution in [3.63, 3.8) is 0 Å². The first kappa shape index (κ1) is 12.7. The van der Waals surface area contributed by atoms with Gasteiger partial charge in [0, 0.05) is 26.2 Å². The van der Waals surface area contributed by atoms with Gasteiger partial charge in [0.25, 0.3) is 0 Å². The van der Waals surface area contributed by atoms with Crippen LogP contribution in [0.15, 0.2) is 6.07 Å². The Morgan fingerprint density at radius 1 is 1.38 bits per heavy atom. The molecule has 16 heavy (non-hydrogen) atoms. The minimum absolute atomic E-state index is 0.633. The van der Waals surface area contributed by atoms with E-state index < -0.39 is 0 Å². The molecule has 90 valence electrons. The predicted molar refractivity (Wildman–Crippen MR) is 69.0 cm³/mol. The van der Waals surface area contributed by atoms with Gasteiger partial charge in [-0.05, 0) is 19.8 Å². The van der Waals surface area contributed by atoms with E-state index in [2.05, 4.69) is 41.0 Å². The Labute approximate surface area is 98.1 Å². The van der Waals surface area contributed by atoms with Crippen molar-refractivity contribution in [1.29, 1.82) is 0 Å². The van der Waals surface area contributed by atoms with E-state index in [0.29, 0.717) is 5.92 Å². The maximum Gasteiger partial charge on any atom is 0.134 e. The molecule has 0 fully saturated rings. The lowest BCUT2D eigenvalue weighted by Gasteiger charge is -2.24. The molecule has 0 bridgehead atoms. The first-order chi connectivity index (χ1) is 7.56. The van der Waals surface area contributed by atoms with Crippen LogP contribution in [0.4, 0.5) is 11.6 Å². The molecule has 0 saturated carbocycles. The summed E-state index contributed by atoms with van der Waals surface area (Å²) in [7, 11) is 1.88. The van der Waals surface area contributed by atoms with E-state index in [1.165, 1.54) is 0 Å². The van der Waals surface area contributed by atoms with Gasteiger partial charge in [0.05, 0.1) is 0 Å². The van der Waals surface area contributed by atoms with E-state index in [9.17, 15) is 0 Å². The van der Waals surface area contributed by atoms with Gasteiger partial charge in [-0.15, -0.1) is 0 Å². The highest BCUT2D eigenvalue weighted by Gasteiger charge is 2.09. The summed E-state index contributed by atoms with van der Waals surface area (Å²) in [6.07, 6.45) is 0. The molecule has 0 aliphatic carbocycles. The lowest BCUT2D eigenvalue weighted by atomic mass is 10.2. The summed E-state index contributed by atoms with van der Waals surface area (Å²) >= 11 is 0. The molecule has 0 unspecified atom stereocenters. The maximum atomic E-state index is 4.48. The van der Waals surface area contributed by atoms with Crippen LogP contribution in [-0.4, -0.2) is 30.1 Å². The van der Waals surface area contributed by atoms with Gasteiger partial charge in [-0.2, -0.15) is 0 Å². The van der Waals surface area contributed by atoms with E-state index in [-0.39, 0.29) is 0 Å². The van der Waals surface area contributed by atoms with Crippen molar-refractivity contribution in [3.05, 3.63) is 11.9 Å². The average Bonchev–Trinajstić information content (AvgIpc) is 2.24. The second-order valence-electron chi connectivity index (χ2n) is 4.34. The second kappa shape index (κ2) is 5.68. The van der Waals surface area contributed by atoms with E-state index in [1.54, 1.807) is 0 Å². The van der Waals surface area contributed by atoms with Crippen LogP contribution in [-0.2, 0) is 0 Å². The number of nitrogens with zero attached hydrogens (tertiary/aromatic N) is 3. The lowest BCUT2D eigenvalue weighted by molar-refractivity contribution is 0.613. The van der Waals surface area contributed by atoms with Crippen LogP contribution in [0, 0.1) is 12.8 Å². The van der Waals surface area contributed by atoms with E-state index in [4.69, 9.17) is 0 Å². The number of aryl methyl sites for hydroxylation is 1. The van der Waals surface area contributed by atoms with Crippen LogP contribution in [0.5, 0.6) is 0 Å². The summed E-state index contributed by atoms with van der Waals surface area (Å²) < 4.78 is 0. The van der Waals surface area contributed by atoms with Gasteiger partial charge >= 0.3 is 0 Å². The highest BCUT2D eigenvalue weighted by Crippen LogP contribution is 2.16. The van der Waals surface area contributed by atoms with E-state index in [0.717, 1.165) is 30.5 Å². The number of anilines is 2. The fourth-order valence-electron chi connectivity index (χ4n) is 1.67. The van der Waals surface area contributed by atoms with Gasteiger partial charge < -0.3 is 10.2 Å². The number of hydrogen-bond donors (Lipinski definition) is 1. The SMILES string of the molecule is CCN(CC(C)C)c1cc(NC)nc(C)n1. The Morgan fingerprint density at radius 3 is 2.56 bits per heavy atom. The van der Waals surface area contributed by atoms with Crippen LogP contribution in [0.1, 0.15) is 26.6 Å². The monoisotopic (exact) mass is 222 g/mol. The van der Waals surface area contributed by atoms with Crippen molar-refractivity contribution in [3.8, 4) is 0 Å². The zero-order chi connectivity index (χ0) is 12.1. The van der Waals surface area contributed by atoms with Crippen LogP contribution >= 0.6 is 0 Å². The summed E-state index contributed by atoms with van der Waals surface area (Å²) in [4.78, 5) is 11.1. The smallest absolute Gasteiger partial charge is 0.134 e. The number of nitrogens with one attached hydrogen (secondary N) is 1. The molecule has 0 aliphatic rings. The third kappa shape index (κ3) is 3.36. The molecule has 0 aromatic carbocycles. The van der Waals surface area contributed by atoms with Crippen molar-refractivity contribution in [2.24, 2.45) is 5.92 Å². The van der Waals surface area contributed by atoms with Crippen molar-refractivity contribution in [1.82, 2.24) is 9.97 Å². The van der Waals surface area contributed by atoms with Crippen molar-refractivity contribution >= 4 is 11.6 Å². The van der Waals surface area contributed by atoms with Gasteiger partial charge in [0.15, 0.2) is 0 Å². The van der Waals surface area contributed by atoms with E-state index >= 15 is 0 Å². The molecule has 0 spiro atoms. The molecule has 0 atom stereocenters. The summed E-state index contributed by atoms with van der Waals surface area (Å²) in [5, 5.41) is 3.06. The average molecular weight is 222 g/mol. The largest absolute Gasteiger partial charge is 0.373 e. The minimum atomic E-state index is 0.633. The highest BCUT2D eigenvalue weighted by atomic mass is 15.2. The zero-order valence-corrected chi connectivity index (χ0v) is 10.9. The predicted octanol–water partition coefficient (Wildman–Crippen LogP) is 2.31. The molecular weight excluding hydrogens is 200 g/mol. The van der Waals surface area contributed by atoms with Gasteiger partial charge in [0.1, 0.15) is 17.5 Å². The molecule has 1 heterocycles. The molecule has 4 nitrogen and oxygen atoms in total. The molecule has 1 aromatic heterocycles. The third-order valence-electron chi connectivity index (χ3n) is 2.37. The van der Waals surface area contributed by atoms with Crippen molar-refractivity contribution < 1.29 is 0 Å². The highest BCUT2D eigenvalue weighted by molar-refractivity contribution is 5.49. The summed E-state index contributed by atoms with van der Waals surface area (Å²) in [5.41, 5.74) is 0. The topological polar surface area (TPSA) is 41.0 Å². The van der Waals surface area contributed by atoms with Crippen LogP contribution in [0.25, 0.3) is 0 Å². The lowest BCUT2D eigenvalue weighted by Crippen LogP contribution is -2.28. The minimum Gasteiger partial charge on any atom is -0.373 e. The Kier molecular flexibility index (Phi) is 4.52. The summed E-state index contributed by atoms with van der Waals surface area (Å²) in [6.45, 7) is 10.5. The number of rotatable bonds is 5. The quantitative estimate of drug-likeness (QED) is 0.830. The van der Waals surface area contributed by atoms with Gasteiger partial charge in [-0.1, -0.05) is 13.8 Å². The first-order valence-corrected chi connectivity index (χ1v) is 5.85. The third-order valence-corrected chi connectivity index (χ3v) is 2.37. The number of hydrogen-bond acceptors (Lipinski definition) is 4. The molecular formula is C12H22N4. The zero-order valence-electron chi connectivity index (χ0n) is 10.9. The van der Waals surface area contributed by atoms with Crippen LogP contribution in [0.3, 0.4) is 0 Å². The van der Waals surface area contributed by atoms with Crippen molar-refractivity contribution in [2.45, 2.75) is 27.7 Å². The maximum absolute atomic E-state index is 4.48. The molecule has 4 heteroatoms. The van der Waals surface area contributed by atoms with Crippen LogP contribution < -0.4 is 10.2 Å². The Bertz CT molecular complexity index is 336. The fourth-order valence-corrected chi connectivity index (χ4v) is 1.67. The molecule has 1 aromatic rings. The molecule has 1 rings (SSSR count).